The standard InChI is InChI=1S/C18H10F6N4O/c19-17(20,21)12-5-4-11(14(7-12)18(22,23)24)9-29-13-3-1-2-10(6-13)16-15(8-25)26-28-27-16/h1-7H,9H2,(H,26,27,28). The molecule has 150 valence electrons. The molecule has 0 atom stereocenters. The molecule has 0 aliphatic heterocycles. The molecule has 11 heteroatoms. The molecule has 1 aromatic heterocycles. The second-order valence-electron chi connectivity index (χ2n) is 5.83. The molecule has 1 N–H and O–H groups in total. The highest BCUT2D eigenvalue weighted by Gasteiger charge is 2.38. The normalized spacial score (nSPS) is 11.9. The number of hydrogen-bond acceptors (Lipinski definition) is 4. The zero-order valence-corrected chi connectivity index (χ0v) is 14.3. The van der Waals surface area contributed by atoms with Gasteiger partial charge in [0.2, 0.25) is 0 Å². The maximum absolute atomic E-state index is 13.2. The van der Waals surface area contributed by atoms with E-state index in [0.29, 0.717) is 11.6 Å². The number of aromatic amines is 1. The largest absolute Gasteiger partial charge is 0.489 e. The lowest BCUT2D eigenvalue weighted by Crippen LogP contribution is -2.14. The first kappa shape index (κ1) is 20.2. The van der Waals surface area contributed by atoms with Crippen LogP contribution in [-0.2, 0) is 19.0 Å². The van der Waals surface area contributed by atoms with Gasteiger partial charge in [-0.05, 0) is 24.3 Å². The Bertz CT molecular complexity index is 1070. The number of rotatable bonds is 4. The highest BCUT2D eigenvalue weighted by molar-refractivity contribution is 5.65. The van der Waals surface area contributed by atoms with Gasteiger partial charge < -0.3 is 4.74 Å². The van der Waals surface area contributed by atoms with Crippen LogP contribution in [0.1, 0.15) is 22.4 Å². The van der Waals surface area contributed by atoms with Gasteiger partial charge in [0.25, 0.3) is 0 Å². The van der Waals surface area contributed by atoms with Crippen LogP contribution in [0.15, 0.2) is 42.5 Å². The number of nitriles is 1. The molecule has 1 heterocycles. The molecule has 0 unspecified atom stereocenters. The predicted molar refractivity (Wildman–Crippen MR) is 87.3 cm³/mol. The van der Waals surface area contributed by atoms with Gasteiger partial charge in [-0.25, -0.2) is 5.10 Å². The third-order valence-electron chi connectivity index (χ3n) is 3.90. The number of hydrogen-bond donors (Lipinski definition) is 1. The van der Waals surface area contributed by atoms with E-state index >= 15 is 0 Å². The van der Waals surface area contributed by atoms with Crippen molar-refractivity contribution >= 4 is 0 Å². The highest BCUT2D eigenvalue weighted by Crippen LogP contribution is 2.37. The minimum atomic E-state index is -4.98. The van der Waals surface area contributed by atoms with Crippen LogP contribution in [0.3, 0.4) is 0 Å². The molecule has 0 saturated carbocycles. The van der Waals surface area contributed by atoms with Crippen LogP contribution in [0.25, 0.3) is 11.3 Å². The lowest BCUT2D eigenvalue weighted by atomic mass is 10.0. The summed E-state index contributed by atoms with van der Waals surface area (Å²) in [4.78, 5) is 0. The molecule has 0 aliphatic carbocycles. The summed E-state index contributed by atoms with van der Waals surface area (Å²) < 4.78 is 83.2. The molecular weight excluding hydrogens is 402 g/mol. The molecule has 0 radical (unpaired) electrons. The third kappa shape index (κ3) is 4.48. The topological polar surface area (TPSA) is 74.6 Å². The molecule has 3 rings (SSSR count). The highest BCUT2D eigenvalue weighted by atomic mass is 19.4. The first-order valence-electron chi connectivity index (χ1n) is 7.91. The molecule has 3 aromatic rings. The Kier molecular flexibility index (Phi) is 5.19. The Balaban J connectivity index is 1.87. The number of H-pyrrole nitrogens is 1. The van der Waals surface area contributed by atoms with E-state index in [0.717, 1.165) is 6.07 Å². The molecule has 5 nitrogen and oxygen atoms in total. The third-order valence-corrected chi connectivity index (χ3v) is 3.90. The Hall–Kier alpha value is -3.55. The lowest BCUT2D eigenvalue weighted by molar-refractivity contribution is -0.143. The summed E-state index contributed by atoms with van der Waals surface area (Å²) in [7, 11) is 0. The minimum Gasteiger partial charge on any atom is -0.489 e. The van der Waals surface area contributed by atoms with E-state index in [1.54, 1.807) is 6.07 Å². The number of ether oxygens (including phenoxy) is 1. The summed E-state index contributed by atoms with van der Waals surface area (Å²) in [6.07, 6.45) is -9.88. The number of benzene rings is 2. The molecular formula is C18H10F6N4O. The van der Waals surface area contributed by atoms with Crippen molar-refractivity contribution in [2.45, 2.75) is 19.0 Å². The quantitative estimate of drug-likeness (QED) is 0.615. The number of nitrogens with zero attached hydrogens (tertiary/aromatic N) is 3. The zero-order chi connectivity index (χ0) is 21.2. The fraction of sp³-hybridized carbons (Fsp3) is 0.167. The molecule has 0 fully saturated rings. The Morgan fingerprint density at radius 2 is 1.76 bits per heavy atom. The maximum Gasteiger partial charge on any atom is 0.416 e. The number of aromatic nitrogens is 3. The lowest BCUT2D eigenvalue weighted by Gasteiger charge is -2.16. The Morgan fingerprint density at radius 1 is 1.00 bits per heavy atom. The number of nitrogens with one attached hydrogen (secondary N) is 1. The van der Waals surface area contributed by atoms with Crippen LogP contribution in [-0.4, -0.2) is 15.4 Å². The van der Waals surface area contributed by atoms with Gasteiger partial charge in [-0.2, -0.15) is 31.6 Å². The van der Waals surface area contributed by atoms with E-state index in [1.807, 2.05) is 6.07 Å². The molecule has 2 aromatic carbocycles. The summed E-state index contributed by atoms with van der Waals surface area (Å²) in [6, 6.07) is 9.21. The minimum absolute atomic E-state index is 0.0592. The number of alkyl halides is 6. The van der Waals surface area contributed by atoms with E-state index < -0.39 is 35.6 Å². The van der Waals surface area contributed by atoms with Crippen molar-refractivity contribution in [1.29, 1.82) is 5.26 Å². The van der Waals surface area contributed by atoms with Crippen LogP contribution in [0.2, 0.25) is 0 Å². The van der Waals surface area contributed by atoms with Gasteiger partial charge in [0.05, 0.1) is 11.1 Å². The maximum atomic E-state index is 13.2. The van der Waals surface area contributed by atoms with Gasteiger partial charge in [-0.15, -0.1) is 5.10 Å². The van der Waals surface area contributed by atoms with Crippen molar-refractivity contribution in [3.8, 4) is 23.1 Å². The van der Waals surface area contributed by atoms with E-state index in [1.165, 1.54) is 18.2 Å². The molecule has 0 aliphatic rings. The van der Waals surface area contributed by atoms with Crippen LogP contribution in [0.4, 0.5) is 26.3 Å². The van der Waals surface area contributed by atoms with E-state index in [4.69, 9.17) is 10.00 Å². The summed E-state index contributed by atoms with van der Waals surface area (Å²) in [5.41, 5.74) is -2.53. The fourth-order valence-electron chi connectivity index (χ4n) is 2.54. The van der Waals surface area contributed by atoms with Gasteiger partial charge in [0.15, 0.2) is 5.69 Å². The van der Waals surface area contributed by atoms with Crippen LogP contribution in [0, 0.1) is 11.3 Å². The molecule has 29 heavy (non-hydrogen) atoms. The molecule has 0 saturated heterocycles. The van der Waals surface area contributed by atoms with Crippen molar-refractivity contribution < 1.29 is 31.1 Å². The van der Waals surface area contributed by atoms with Crippen LogP contribution in [0.5, 0.6) is 5.75 Å². The predicted octanol–water partition coefficient (Wildman–Crippen LogP) is 4.96. The average Bonchev–Trinajstić information content (AvgIpc) is 3.14. The zero-order valence-electron chi connectivity index (χ0n) is 14.3. The molecule has 0 amide bonds. The van der Waals surface area contributed by atoms with Crippen molar-refractivity contribution in [3.63, 3.8) is 0 Å². The second-order valence-corrected chi connectivity index (χ2v) is 5.83. The van der Waals surface area contributed by atoms with Gasteiger partial charge >= 0.3 is 12.4 Å². The summed E-state index contributed by atoms with van der Waals surface area (Å²) in [6.45, 7) is -0.611. The van der Waals surface area contributed by atoms with E-state index in [2.05, 4.69) is 15.4 Å². The van der Waals surface area contributed by atoms with Gasteiger partial charge in [0.1, 0.15) is 24.1 Å². The summed E-state index contributed by atoms with van der Waals surface area (Å²) in [5.74, 6) is 0.141. The van der Waals surface area contributed by atoms with Crippen molar-refractivity contribution in [2.75, 3.05) is 0 Å². The average molecular weight is 412 g/mol. The van der Waals surface area contributed by atoms with Gasteiger partial charge in [0, 0.05) is 11.1 Å². The SMILES string of the molecule is N#Cc1[nH]nnc1-c1cccc(OCc2ccc(C(F)(F)F)cc2C(F)(F)F)c1. The van der Waals surface area contributed by atoms with Crippen molar-refractivity contribution in [1.82, 2.24) is 15.4 Å². The van der Waals surface area contributed by atoms with E-state index in [9.17, 15) is 26.3 Å². The van der Waals surface area contributed by atoms with Gasteiger partial charge in [-0.1, -0.05) is 23.4 Å². The summed E-state index contributed by atoms with van der Waals surface area (Å²) in [5, 5.41) is 18.7. The Morgan fingerprint density at radius 3 is 2.41 bits per heavy atom. The first-order valence-corrected chi connectivity index (χ1v) is 7.91. The van der Waals surface area contributed by atoms with Crippen LogP contribution >= 0.6 is 0 Å². The number of halogens is 6. The first-order chi connectivity index (χ1) is 13.6. The van der Waals surface area contributed by atoms with Crippen LogP contribution < -0.4 is 4.74 Å². The molecule has 0 bridgehead atoms. The molecule has 0 spiro atoms. The van der Waals surface area contributed by atoms with Crippen molar-refractivity contribution in [3.05, 3.63) is 64.8 Å². The smallest absolute Gasteiger partial charge is 0.416 e. The second kappa shape index (κ2) is 7.46. The summed E-state index contributed by atoms with van der Waals surface area (Å²) >= 11 is 0. The fourth-order valence-corrected chi connectivity index (χ4v) is 2.54. The Labute approximate surface area is 159 Å². The monoisotopic (exact) mass is 412 g/mol. The van der Waals surface area contributed by atoms with Crippen molar-refractivity contribution in [2.24, 2.45) is 0 Å². The van der Waals surface area contributed by atoms with Gasteiger partial charge in [-0.3, -0.25) is 0 Å². The van der Waals surface area contributed by atoms with E-state index in [-0.39, 0.29) is 23.2 Å².